The standard InChI is InChI=1S/C11H15N2O2P/c1-9(14)13-11-5-4-10(8-12-11)6-7-16(2,3)15/h4-8H,1-3H3,(H,12,13,14)/b7-6+. The van der Waals surface area contributed by atoms with Crippen molar-refractivity contribution in [2.45, 2.75) is 6.92 Å². The van der Waals surface area contributed by atoms with Crippen LogP contribution < -0.4 is 5.32 Å². The molecule has 0 aliphatic heterocycles. The molecule has 0 spiro atoms. The number of carbonyl (C=O) groups is 1. The van der Waals surface area contributed by atoms with Gasteiger partial charge in [0.1, 0.15) is 13.0 Å². The lowest BCUT2D eigenvalue weighted by Gasteiger charge is -2.01. The molecule has 0 radical (unpaired) electrons. The number of hydrogen-bond acceptors (Lipinski definition) is 3. The Balaban J connectivity index is 2.76. The minimum absolute atomic E-state index is 0.151. The Hall–Kier alpha value is -1.41. The van der Waals surface area contributed by atoms with E-state index >= 15 is 0 Å². The molecule has 0 aromatic carbocycles. The highest BCUT2D eigenvalue weighted by Crippen LogP contribution is 2.38. The van der Waals surface area contributed by atoms with Crippen molar-refractivity contribution in [3.8, 4) is 0 Å². The largest absolute Gasteiger partial charge is 0.320 e. The fourth-order valence-electron chi connectivity index (χ4n) is 1.02. The molecule has 4 nitrogen and oxygen atoms in total. The molecule has 1 aromatic rings. The van der Waals surface area contributed by atoms with E-state index in [9.17, 15) is 9.36 Å². The van der Waals surface area contributed by atoms with Gasteiger partial charge in [-0.3, -0.25) is 4.79 Å². The normalized spacial score (nSPS) is 11.7. The Labute approximate surface area is 95.2 Å². The van der Waals surface area contributed by atoms with E-state index in [2.05, 4.69) is 10.3 Å². The van der Waals surface area contributed by atoms with Gasteiger partial charge in [-0.05, 0) is 36.8 Å². The van der Waals surface area contributed by atoms with Crippen molar-refractivity contribution in [3.05, 3.63) is 29.7 Å². The lowest BCUT2D eigenvalue weighted by molar-refractivity contribution is -0.114. The number of aromatic nitrogens is 1. The van der Waals surface area contributed by atoms with Crippen LogP contribution in [0.2, 0.25) is 0 Å². The van der Waals surface area contributed by atoms with E-state index in [4.69, 9.17) is 0 Å². The van der Waals surface area contributed by atoms with Crippen LogP contribution in [-0.2, 0) is 9.36 Å². The van der Waals surface area contributed by atoms with Crippen molar-refractivity contribution in [3.63, 3.8) is 0 Å². The first kappa shape index (κ1) is 12.7. The van der Waals surface area contributed by atoms with Gasteiger partial charge in [-0.25, -0.2) is 4.98 Å². The van der Waals surface area contributed by atoms with Crippen LogP contribution in [0.1, 0.15) is 12.5 Å². The van der Waals surface area contributed by atoms with Gasteiger partial charge in [0.15, 0.2) is 0 Å². The van der Waals surface area contributed by atoms with Gasteiger partial charge < -0.3 is 9.88 Å². The molecular formula is C11H15N2O2P. The van der Waals surface area contributed by atoms with E-state index in [1.54, 1.807) is 37.5 Å². The highest BCUT2D eigenvalue weighted by Gasteiger charge is 2.00. The third-order valence-electron chi connectivity index (χ3n) is 1.72. The second kappa shape index (κ2) is 5.08. The predicted octanol–water partition coefficient (Wildman–Crippen LogP) is 2.63. The molecule has 0 fully saturated rings. The first-order valence-electron chi connectivity index (χ1n) is 4.84. The molecule has 1 amide bonds. The van der Waals surface area contributed by atoms with E-state index < -0.39 is 7.14 Å². The van der Waals surface area contributed by atoms with Gasteiger partial charge in [-0.15, -0.1) is 0 Å². The van der Waals surface area contributed by atoms with E-state index in [0.717, 1.165) is 5.56 Å². The summed E-state index contributed by atoms with van der Waals surface area (Å²) in [5.41, 5.74) is 0.859. The van der Waals surface area contributed by atoms with Crippen molar-refractivity contribution in [2.24, 2.45) is 0 Å². The summed E-state index contributed by atoms with van der Waals surface area (Å²) in [5, 5.41) is 2.58. The van der Waals surface area contributed by atoms with Gasteiger partial charge in [0, 0.05) is 13.1 Å². The summed E-state index contributed by atoms with van der Waals surface area (Å²) >= 11 is 0. The summed E-state index contributed by atoms with van der Waals surface area (Å²) in [4.78, 5) is 14.8. The summed E-state index contributed by atoms with van der Waals surface area (Å²) in [6.07, 6.45) is 3.39. The van der Waals surface area contributed by atoms with Crippen molar-refractivity contribution in [1.29, 1.82) is 0 Å². The minimum atomic E-state index is -2.14. The molecule has 0 saturated heterocycles. The van der Waals surface area contributed by atoms with Gasteiger partial charge >= 0.3 is 0 Å². The van der Waals surface area contributed by atoms with Crippen LogP contribution in [0.25, 0.3) is 6.08 Å². The topological polar surface area (TPSA) is 59.1 Å². The molecule has 1 aromatic heterocycles. The Bertz CT molecular complexity index is 446. The van der Waals surface area contributed by atoms with Crippen LogP contribution in [0.3, 0.4) is 0 Å². The van der Waals surface area contributed by atoms with E-state index in [1.807, 2.05) is 6.07 Å². The van der Waals surface area contributed by atoms with Crippen molar-refractivity contribution >= 4 is 24.9 Å². The van der Waals surface area contributed by atoms with Gasteiger partial charge in [0.05, 0.1) is 0 Å². The van der Waals surface area contributed by atoms with Crippen LogP contribution in [0.4, 0.5) is 5.82 Å². The third-order valence-corrected chi connectivity index (χ3v) is 2.58. The average molecular weight is 238 g/mol. The maximum absolute atomic E-state index is 11.4. The molecule has 0 aliphatic carbocycles. The second-order valence-electron chi connectivity index (χ2n) is 3.91. The lowest BCUT2D eigenvalue weighted by Crippen LogP contribution is -2.06. The van der Waals surface area contributed by atoms with Gasteiger partial charge in [0.25, 0.3) is 0 Å². The molecule has 1 rings (SSSR count). The molecule has 5 heteroatoms. The van der Waals surface area contributed by atoms with Crippen molar-refractivity contribution in [2.75, 3.05) is 18.6 Å². The lowest BCUT2D eigenvalue weighted by atomic mass is 10.3. The molecule has 0 bridgehead atoms. The first-order chi connectivity index (χ1) is 7.37. The minimum Gasteiger partial charge on any atom is -0.320 e. The number of amides is 1. The molecule has 16 heavy (non-hydrogen) atoms. The van der Waals surface area contributed by atoms with E-state index in [1.165, 1.54) is 6.92 Å². The van der Waals surface area contributed by atoms with Gasteiger partial charge in [-0.1, -0.05) is 6.08 Å². The quantitative estimate of drug-likeness (QED) is 0.823. The Morgan fingerprint density at radius 1 is 1.44 bits per heavy atom. The highest BCUT2D eigenvalue weighted by atomic mass is 31.2. The monoisotopic (exact) mass is 238 g/mol. The maximum atomic E-state index is 11.4. The molecule has 0 atom stereocenters. The van der Waals surface area contributed by atoms with Gasteiger partial charge in [-0.2, -0.15) is 0 Å². The maximum Gasteiger partial charge on any atom is 0.222 e. The zero-order chi connectivity index (χ0) is 12.2. The molecule has 0 saturated carbocycles. The third kappa shape index (κ3) is 4.89. The fraction of sp³-hybridized carbons (Fsp3) is 0.273. The Morgan fingerprint density at radius 2 is 2.12 bits per heavy atom. The molecule has 86 valence electrons. The SMILES string of the molecule is CC(=O)Nc1ccc(/C=C/P(C)(C)=O)cn1. The van der Waals surface area contributed by atoms with Gasteiger partial charge in [0.2, 0.25) is 5.91 Å². The molecule has 0 aliphatic rings. The van der Waals surface area contributed by atoms with Crippen molar-refractivity contribution < 1.29 is 9.36 Å². The van der Waals surface area contributed by atoms with Crippen LogP contribution in [0.15, 0.2) is 24.1 Å². The van der Waals surface area contributed by atoms with Crippen LogP contribution in [0, 0.1) is 0 Å². The van der Waals surface area contributed by atoms with Crippen LogP contribution in [-0.4, -0.2) is 24.2 Å². The smallest absolute Gasteiger partial charge is 0.222 e. The second-order valence-corrected chi connectivity index (χ2v) is 7.07. The number of anilines is 1. The number of carbonyl (C=O) groups excluding carboxylic acids is 1. The van der Waals surface area contributed by atoms with Crippen LogP contribution >= 0.6 is 7.14 Å². The average Bonchev–Trinajstić information content (AvgIpc) is 2.14. The molecule has 1 heterocycles. The van der Waals surface area contributed by atoms with Crippen LogP contribution in [0.5, 0.6) is 0 Å². The number of nitrogens with one attached hydrogen (secondary N) is 1. The summed E-state index contributed by atoms with van der Waals surface area (Å²) in [6, 6.07) is 3.52. The number of nitrogens with zero attached hydrogens (tertiary/aromatic N) is 1. The molecule has 0 unspecified atom stereocenters. The van der Waals surface area contributed by atoms with E-state index in [-0.39, 0.29) is 5.91 Å². The first-order valence-corrected chi connectivity index (χ1v) is 7.51. The number of pyridine rings is 1. The fourth-order valence-corrected chi connectivity index (χ4v) is 1.55. The number of hydrogen-bond donors (Lipinski definition) is 1. The van der Waals surface area contributed by atoms with Crippen molar-refractivity contribution in [1.82, 2.24) is 4.98 Å². The number of rotatable bonds is 3. The molecular weight excluding hydrogens is 223 g/mol. The summed E-state index contributed by atoms with van der Waals surface area (Å²) in [7, 11) is -2.14. The predicted molar refractivity (Wildman–Crippen MR) is 67.0 cm³/mol. The Kier molecular flexibility index (Phi) is 4.02. The summed E-state index contributed by atoms with van der Waals surface area (Å²) in [5.74, 6) is 2.05. The highest BCUT2D eigenvalue weighted by molar-refractivity contribution is 7.65. The summed E-state index contributed by atoms with van der Waals surface area (Å²) in [6.45, 7) is 4.82. The summed E-state index contributed by atoms with van der Waals surface area (Å²) < 4.78 is 11.4. The molecule has 1 N–H and O–H groups in total. The Morgan fingerprint density at radius 3 is 2.56 bits per heavy atom. The zero-order valence-corrected chi connectivity index (χ0v) is 10.5. The van der Waals surface area contributed by atoms with E-state index in [0.29, 0.717) is 5.82 Å². The zero-order valence-electron chi connectivity index (χ0n) is 9.60.